The lowest BCUT2D eigenvalue weighted by Crippen LogP contribution is -2.14. The monoisotopic (exact) mass is 478 g/mol. The van der Waals surface area contributed by atoms with Gasteiger partial charge < -0.3 is 10.1 Å². The fraction of sp³-hybridized carbons (Fsp3) is 0.130. The maximum atomic E-state index is 12.4. The first-order chi connectivity index (χ1) is 16.0. The number of aryl methyl sites for hydroxylation is 1. The van der Waals surface area contributed by atoms with Gasteiger partial charge in [-0.05, 0) is 31.2 Å². The van der Waals surface area contributed by atoms with Crippen LogP contribution in [-0.2, 0) is 4.79 Å². The first kappa shape index (κ1) is 21.3. The molecule has 0 radical (unpaired) electrons. The van der Waals surface area contributed by atoms with E-state index in [0.29, 0.717) is 27.3 Å². The average molecular weight is 479 g/mol. The van der Waals surface area contributed by atoms with Gasteiger partial charge in [-0.2, -0.15) is 5.10 Å². The van der Waals surface area contributed by atoms with E-state index in [2.05, 4.69) is 39.7 Å². The molecule has 0 saturated carbocycles. The third-order valence-electron chi connectivity index (χ3n) is 5.10. The molecular formula is C23H19ClN6O2S. The second-order valence-electron chi connectivity index (χ2n) is 7.39. The smallest absolute Gasteiger partial charge is 0.234 e. The lowest BCUT2D eigenvalue weighted by atomic mass is 10.1. The summed E-state index contributed by atoms with van der Waals surface area (Å²) < 4.78 is 8.78. The summed E-state index contributed by atoms with van der Waals surface area (Å²) in [7, 11) is 1.54. The molecule has 8 nitrogen and oxygen atoms in total. The quantitative estimate of drug-likeness (QED) is 0.354. The summed E-state index contributed by atoms with van der Waals surface area (Å²) in [5.41, 5.74) is 5.20. The third kappa shape index (κ3) is 4.24. The highest BCUT2D eigenvalue weighted by Gasteiger charge is 2.14. The number of hydrogen-bond donors (Lipinski definition) is 1. The summed E-state index contributed by atoms with van der Waals surface area (Å²) in [5.74, 6) is 0.546. The number of benzene rings is 2. The van der Waals surface area contributed by atoms with Gasteiger partial charge in [-0.1, -0.05) is 53.2 Å². The molecule has 1 N–H and O–H groups in total. The highest BCUT2D eigenvalue weighted by Crippen LogP contribution is 2.28. The van der Waals surface area contributed by atoms with Crippen LogP contribution in [-0.4, -0.2) is 43.0 Å². The molecule has 0 spiro atoms. The number of anilines is 1. The van der Waals surface area contributed by atoms with Crippen LogP contribution in [0, 0.1) is 6.92 Å². The lowest BCUT2D eigenvalue weighted by Gasteiger charge is -2.07. The van der Waals surface area contributed by atoms with Gasteiger partial charge in [0.2, 0.25) is 5.91 Å². The van der Waals surface area contributed by atoms with Crippen LogP contribution in [0.4, 0.5) is 5.69 Å². The molecule has 166 valence electrons. The second-order valence-corrected chi connectivity index (χ2v) is 8.74. The van der Waals surface area contributed by atoms with Crippen LogP contribution in [0.5, 0.6) is 5.75 Å². The molecule has 0 bridgehead atoms. The number of rotatable bonds is 6. The summed E-state index contributed by atoms with van der Waals surface area (Å²) >= 11 is 7.42. The number of nitrogens with one attached hydrogen (secondary N) is 1. The van der Waals surface area contributed by atoms with Gasteiger partial charge in [0.1, 0.15) is 11.3 Å². The van der Waals surface area contributed by atoms with Crippen LogP contribution >= 0.6 is 23.4 Å². The number of hydrogen-bond acceptors (Lipinski definition) is 6. The Morgan fingerprint density at radius 3 is 2.70 bits per heavy atom. The Bertz CT molecular complexity index is 1480. The van der Waals surface area contributed by atoms with E-state index in [1.807, 2.05) is 35.0 Å². The van der Waals surface area contributed by atoms with Crippen LogP contribution in [0.1, 0.15) is 5.56 Å². The molecule has 0 saturated heterocycles. The number of amides is 1. The first-order valence-corrected chi connectivity index (χ1v) is 11.4. The molecule has 33 heavy (non-hydrogen) atoms. The van der Waals surface area contributed by atoms with E-state index in [4.69, 9.17) is 16.3 Å². The number of carbonyl (C=O) groups excluding carboxylic acids is 1. The van der Waals surface area contributed by atoms with Crippen molar-refractivity contribution in [3.63, 3.8) is 0 Å². The van der Waals surface area contributed by atoms with Crippen molar-refractivity contribution in [3.05, 3.63) is 71.5 Å². The largest absolute Gasteiger partial charge is 0.495 e. The molecule has 0 aliphatic heterocycles. The Balaban J connectivity index is 1.33. The molecule has 0 aliphatic carbocycles. The zero-order valence-electron chi connectivity index (χ0n) is 17.8. The summed E-state index contributed by atoms with van der Waals surface area (Å²) in [4.78, 5) is 12.4. The topological polar surface area (TPSA) is 85.8 Å². The Kier molecular flexibility index (Phi) is 5.65. The van der Waals surface area contributed by atoms with Gasteiger partial charge in [-0.25, -0.2) is 4.52 Å². The SMILES string of the molecule is COc1ccc(NC(=O)CSc2nnc3c4cc(-c5ccc(C)cc5)nn4ccn23)cc1Cl. The summed E-state index contributed by atoms with van der Waals surface area (Å²) in [6.07, 6.45) is 3.70. The number of ether oxygens (including phenoxy) is 1. The average Bonchev–Trinajstić information content (AvgIpc) is 3.42. The molecule has 0 fully saturated rings. The van der Waals surface area contributed by atoms with Crippen molar-refractivity contribution < 1.29 is 9.53 Å². The van der Waals surface area contributed by atoms with Gasteiger partial charge in [-0.3, -0.25) is 9.20 Å². The number of carbonyl (C=O) groups is 1. The van der Waals surface area contributed by atoms with E-state index < -0.39 is 0 Å². The van der Waals surface area contributed by atoms with E-state index in [-0.39, 0.29) is 11.7 Å². The molecule has 5 rings (SSSR count). The van der Waals surface area contributed by atoms with E-state index in [9.17, 15) is 4.79 Å². The predicted molar refractivity (Wildman–Crippen MR) is 129 cm³/mol. The molecular weight excluding hydrogens is 460 g/mol. The standard InChI is InChI=1S/C23H19ClN6O2S/c1-14-3-5-15(6-4-14)18-12-19-22-26-27-23(29(22)9-10-30(19)28-18)33-13-21(31)25-16-7-8-20(32-2)17(24)11-16/h3-12H,13H2,1-2H3,(H,25,31). The van der Waals surface area contributed by atoms with E-state index in [1.165, 1.54) is 17.3 Å². The van der Waals surface area contributed by atoms with Crippen molar-refractivity contribution in [1.82, 2.24) is 24.2 Å². The van der Waals surface area contributed by atoms with Crippen LogP contribution in [0.15, 0.2) is 66.1 Å². The Labute approximate surface area is 198 Å². The van der Waals surface area contributed by atoms with Crippen molar-refractivity contribution in [1.29, 1.82) is 0 Å². The molecule has 2 aromatic carbocycles. The molecule has 1 amide bonds. The molecule has 5 aromatic rings. The van der Waals surface area contributed by atoms with Gasteiger partial charge in [-0.15, -0.1) is 10.2 Å². The minimum absolute atomic E-state index is 0.170. The van der Waals surface area contributed by atoms with Crippen LogP contribution in [0.3, 0.4) is 0 Å². The second kappa shape index (κ2) is 8.76. The first-order valence-electron chi connectivity index (χ1n) is 10.1. The van der Waals surface area contributed by atoms with Crippen molar-refractivity contribution in [3.8, 4) is 17.0 Å². The molecule has 0 atom stereocenters. The molecule has 0 aliphatic rings. The number of fused-ring (bicyclic) bond motifs is 3. The summed E-state index contributed by atoms with van der Waals surface area (Å²) in [6, 6.07) is 15.3. The van der Waals surface area contributed by atoms with Crippen molar-refractivity contribution >= 4 is 46.1 Å². The maximum absolute atomic E-state index is 12.4. The normalized spacial score (nSPS) is 11.2. The Morgan fingerprint density at radius 2 is 1.94 bits per heavy atom. The third-order valence-corrected chi connectivity index (χ3v) is 6.34. The van der Waals surface area contributed by atoms with Gasteiger partial charge >= 0.3 is 0 Å². The van der Waals surface area contributed by atoms with Crippen LogP contribution < -0.4 is 10.1 Å². The zero-order valence-corrected chi connectivity index (χ0v) is 19.4. The van der Waals surface area contributed by atoms with Gasteiger partial charge in [0.15, 0.2) is 10.8 Å². The zero-order chi connectivity index (χ0) is 22.9. The van der Waals surface area contributed by atoms with Gasteiger partial charge in [0.05, 0.1) is 23.6 Å². The van der Waals surface area contributed by atoms with Crippen molar-refractivity contribution in [2.24, 2.45) is 0 Å². The lowest BCUT2D eigenvalue weighted by molar-refractivity contribution is -0.113. The number of nitrogens with zero attached hydrogens (tertiary/aromatic N) is 5. The number of methoxy groups -OCH3 is 1. The fourth-order valence-corrected chi connectivity index (χ4v) is 4.40. The van der Waals surface area contributed by atoms with E-state index in [0.717, 1.165) is 16.8 Å². The molecule has 10 heteroatoms. The maximum Gasteiger partial charge on any atom is 0.234 e. The highest BCUT2D eigenvalue weighted by atomic mass is 35.5. The van der Waals surface area contributed by atoms with E-state index in [1.54, 1.807) is 29.8 Å². The Morgan fingerprint density at radius 1 is 1.12 bits per heavy atom. The molecule has 3 aromatic heterocycles. The summed E-state index contributed by atoms with van der Waals surface area (Å²) in [5, 5.41) is 17.1. The van der Waals surface area contributed by atoms with Crippen molar-refractivity contribution in [2.45, 2.75) is 12.1 Å². The molecule has 0 unspecified atom stereocenters. The minimum atomic E-state index is -0.176. The van der Waals surface area contributed by atoms with Crippen molar-refractivity contribution in [2.75, 3.05) is 18.2 Å². The minimum Gasteiger partial charge on any atom is -0.495 e. The van der Waals surface area contributed by atoms with Crippen LogP contribution in [0.2, 0.25) is 5.02 Å². The van der Waals surface area contributed by atoms with Gasteiger partial charge in [0.25, 0.3) is 0 Å². The highest BCUT2D eigenvalue weighted by molar-refractivity contribution is 7.99. The number of thioether (sulfide) groups is 1. The molecule has 3 heterocycles. The van der Waals surface area contributed by atoms with Crippen LogP contribution in [0.25, 0.3) is 22.4 Å². The van der Waals surface area contributed by atoms with Gasteiger partial charge in [0, 0.05) is 23.6 Å². The van der Waals surface area contributed by atoms with E-state index >= 15 is 0 Å². The fourth-order valence-electron chi connectivity index (χ4n) is 3.43. The number of halogens is 1. The summed E-state index contributed by atoms with van der Waals surface area (Å²) in [6.45, 7) is 2.05. The number of aromatic nitrogens is 5. The predicted octanol–water partition coefficient (Wildman–Crippen LogP) is 4.75. The Hall–Kier alpha value is -3.56.